The number of hydrogen-bond donors (Lipinski definition) is 1. The predicted octanol–water partition coefficient (Wildman–Crippen LogP) is 1.02. The third-order valence-corrected chi connectivity index (χ3v) is 4.50. The average Bonchev–Trinajstić information content (AvgIpc) is 3.00. The van der Waals surface area contributed by atoms with Crippen molar-refractivity contribution >= 4 is 11.8 Å². The highest BCUT2D eigenvalue weighted by molar-refractivity contribution is 5.96. The number of carbonyl (C=O) groups is 2. The summed E-state index contributed by atoms with van der Waals surface area (Å²) in [6.07, 6.45) is 0.806. The number of hydrogen-bond acceptors (Lipinski definition) is 6. The Labute approximate surface area is 154 Å². The summed E-state index contributed by atoms with van der Waals surface area (Å²) in [5.74, 6) is 0.734. The molecule has 0 bridgehead atoms. The van der Waals surface area contributed by atoms with Crippen molar-refractivity contribution in [1.82, 2.24) is 20.3 Å². The fourth-order valence-corrected chi connectivity index (χ4v) is 3.01. The van der Waals surface area contributed by atoms with Gasteiger partial charge < -0.3 is 19.5 Å². The third kappa shape index (κ3) is 5.28. The Kier molecular flexibility index (Phi) is 7.59. The van der Waals surface area contributed by atoms with Gasteiger partial charge in [0.1, 0.15) is 5.56 Å². The van der Waals surface area contributed by atoms with E-state index < -0.39 is 0 Å². The molecule has 2 heterocycles. The molecule has 2 amide bonds. The van der Waals surface area contributed by atoms with Crippen LogP contribution < -0.4 is 5.32 Å². The zero-order chi connectivity index (χ0) is 19.1. The topological polar surface area (TPSA) is 87.9 Å². The molecular weight excluding hydrogens is 336 g/mol. The van der Waals surface area contributed by atoms with Crippen molar-refractivity contribution in [1.29, 1.82) is 0 Å². The van der Waals surface area contributed by atoms with Gasteiger partial charge in [0.25, 0.3) is 5.91 Å². The van der Waals surface area contributed by atoms with Gasteiger partial charge in [-0.15, -0.1) is 0 Å². The normalized spacial score (nSPS) is 15.5. The van der Waals surface area contributed by atoms with Gasteiger partial charge in [-0.3, -0.25) is 14.5 Å². The Morgan fingerprint density at radius 1 is 1.27 bits per heavy atom. The van der Waals surface area contributed by atoms with Crippen LogP contribution in [0.5, 0.6) is 0 Å². The number of aryl methyl sites for hydroxylation is 1. The summed E-state index contributed by atoms with van der Waals surface area (Å²) in [6, 6.07) is 0. The van der Waals surface area contributed by atoms with Crippen LogP contribution in [0.2, 0.25) is 0 Å². The summed E-state index contributed by atoms with van der Waals surface area (Å²) in [4.78, 5) is 28.7. The number of rotatable bonds is 8. The minimum absolute atomic E-state index is 0.0119. The maximum absolute atomic E-state index is 12.9. The summed E-state index contributed by atoms with van der Waals surface area (Å²) in [7, 11) is 1.65. The molecule has 1 aromatic rings. The molecule has 1 aromatic heterocycles. The second kappa shape index (κ2) is 9.68. The Bertz CT molecular complexity index is 606. The van der Waals surface area contributed by atoms with E-state index in [0.29, 0.717) is 62.9 Å². The highest BCUT2D eigenvalue weighted by Gasteiger charge is 2.29. The zero-order valence-electron chi connectivity index (χ0n) is 16.2. The molecule has 1 aliphatic rings. The largest absolute Gasteiger partial charge is 0.385 e. The number of methoxy groups -OCH3 is 1. The Hall–Kier alpha value is -1.93. The minimum Gasteiger partial charge on any atom is -0.385 e. The van der Waals surface area contributed by atoms with E-state index in [9.17, 15) is 9.59 Å². The lowest BCUT2D eigenvalue weighted by molar-refractivity contribution is -0.122. The minimum atomic E-state index is -0.0314. The summed E-state index contributed by atoms with van der Waals surface area (Å²) >= 11 is 0. The molecule has 26 heavy (non-hydrogen) atoms. The van der Waals surface area contributed by atoms with Crippen LogP contribution in [0.25, 0.3) is 0 Å². The van der Waals surface area contributed by atoms with Crippen LogP contribution in [0.1, 0.15) is 48.0 Å². The first-order valence-corrected chi connectivity index (χ1v) is 9.17. The number of piperazine rings is 1. The van der Waals surface area contributed by atoms with Gasteiger partial charge >= 0.3 is 0 Å². The van der Waals surface area contributed by atoms with Gasteiger partial charge in [0, 0.05) is 52.4 Å². The molecule has 0 saturated carbocycles. The van der Waals surface area contributed by atoms with Crippen molar-refractivity contribution in [2.75, 3.05) is 53.0 Å². The smallest absolute Gasteiger partial charge is 0.259 e. The van der Waals surface area contributed by atoms with Gasteiger partial charge in [0.05, 0.1) is 12.2 Å². The Balaban J connectivity index is 1.82. The van der Waals surface area contributed by atoms with Gasteiger partial charge in [-0.2, -0.15) is 0 Å². The summed E-state index contributed by atoms with van der Waals surface area (Å²) in [5.41, 5.74) is 1.22. The van der Waals surface area contributed by atoms with Gasteiger partial charge in [-0.1, -0.05) is 19.0 Å². The highest BCUT2D eigenvalue weighted by Crippen LogP contribution is 2.24. The van der Waals surface area contributed by atoms with Crippen LogP contribution in [0.3, 0.4) is 0 Å². The predicted molar refractivity (Wildman–Crippen MR) is 97.2 cm³/mol. The van der Waals surface area contributed by atoms with E-state index in [1.54, 1.807) is 14.0 Å². The van der Waals surface area contributed by atoms with Crippen molar-refractivity contribution in [2.24, 2.45) is 0 Å². The molecule has 1 fully saturated rings. The molecule has 8 heteroatoms. The van der Waals surface area contributed by atoms with Crippen LogP contribution in [0.4, 0.5) is 0 Å². The van der Waals surface area contributed by atoms with Crippen LogP contribution in [-0.2, 0) is 9.53 Å². The van der Waals surface area contributed by atoms with E-state index in [-0.39, 0.29) is 17.7 Å². The van der Waals surface area contributed by atoms with Crippen molar-refractivity contribution in [3.8, 4) is 0 Å². The molecule has 1 N–H and O–H groups in total. The molecule has 2 rings (SSSR count). The van der Waals surface area contributed by atoms with Crippen LogP contribution in [0.15, 0.2) is 4.52 Å². The number of nitrogens with one attached hydrogen (secondary N) is 1. The molecular formula is C18H30N4O4. The highest BCUT2D eigenvalue weighted by atomic mass is 16.5. The molecule has 0 unspecified atom stereocenters. The van der Waals surface area contributed by atoms with E-state index in [0.717, 1.165) is 6.42 Å². The summed E-state index contributed by atoms with van der Waals surface area (Å²) < 4.78 is 10.3. The Morgan fingerprint density at radius 2 is 1.96 bits per heavy atom. The van der Waals surface area contributed by atoms with E-state index >= 15 is 0 Å². The fraction of sp³-hybridized carbons (Fsp3) is 0.722. The summed E-state index contributed by atoms with van der Waals surface area (Å²) in [6.45, 7) is 9.94. The molecule has 0 radical (unpaired) electrons. The molecule has 1 aliphatic heterocycles. The van der Waals surface area contributed by atoms with Crippen LogP contribution in [-0.4, -0.2) is 79.8 Å². The van der Waals surface area contributed by atoms with Crippen molar-refractivity contribution < 1.29 is 18.8 Å². The van der Waals surface area contributed by atoms with Crippen molar-refractivity contribution in [3.63, 3.8) is 0 Å². The quantitative estimate of drug-likeness (QED) is 0.691. The average molecular weight is 366 g/mol. The van der Waals surface area contributed by atoms with Crippen molar-refractivity contribution in [2.45, 2.75) is 33.1 Å². The molecule has 146 valence electrons. The first-order chi connectivity index (χ1) is 12.4. The molecule has 0 aliphatic carbocycles. The second-order valence-corrected chi connectivity index (χ2v) is 6.93. The lowest BCUT2D eigenvalue weighted by atomic mass is 10.0. The lowest BCUT2D eigenvalue weighted by Gasteiger charge is -2.34. The number of nitrogens with zero attached hydrogens (tertiary/aromatic N) is 3. The van der Waals surface area contributed by atoms with Gasteiger partial charge in [0.2, 0.25) is 5.91 Å². The van der Waals surface area contributed by atoms with Gasteiger partial charge in [-0.25, -0.2) is 0 Å². The molecule has 0 aromatic carbocycles. The van der Waals surface area contributed by atoms with E-state index in [1.165, 1.54) is 0 Å². The van der Waals surface area contributed by atoms with Crippen molar-refractivity contribution in [3.05, 3.63) is 17.0 Å². The molecule has 0 spiro atoms. The first kappa shape index (κ1) is 20.4. The number of carbonyl (C=O) groups excluding carboxylic acids is 2. The SMILES string of the molecule is COCCCNC(=O)CN1CCN(C(=O)c2c(C)noc2C(C)C)CC1. The molecule has 1 saturated heterocycles. The van der Waals surface area contributed by atoms with E-state index in [1.807, 2.05) is 18.7 Å². The summed E-state index contributed by atoms with van der Waals surface area (Å²) in [5, 5.41) is 6.84. The zero-order valence-corrected chi connectivity index (χ0v) is 16.2. The first-order valence-electron chi connectivity index (χ1n) is 9.17. The van der Waals surface area contributed by atoms with Crippen LogP contribution in [0, 0.1) is 6.92 Å². The van der Waals surface area contributed by atoms with Gasteiger partial charge in [-0.05, 0) is 13.3 Å². The number of aromatic nitrogens is 1. The fourth-order valence-electron chi connectivity index (χ4n) is 3.01. The molecule has 0 atom stereocenters. The third-order valence-electron chi connectivity index (χ3n) is 4.50. The maximum atomic E-state index is 12.9. The Morgan fingerprint density at radius 3 is 2.58 bits per heavy atom. The van der Waals surface area contributed by atoms with E-state index in [4.69, 9.17) is 9.26 Å². The maximum Gasteiger partial charge on any atom is 0.259 e. The molecule has 8 nitrogen and oxygen atoms in total. The lowest BCUT2D eigenvalue weighted by Crippen LogP contribution is -2.51. The van der Waals surface area contributed by atoms with Crippen LogP contribution >= 0.6 is 0 Å². The van der Waals surface area contributed by atoms with Gasteiger partial charge in [0.15, 0.2) is 5.76 Å². The second-order valence-electron chi connectivity index (χ2n) is 6.93. The number of amides is 2. The number of ether oxygens (including phenoxy) is 1. The standard InChI is InChI=1S/C18H30N4O4/c1-13(2)17-16(14(3)20-26-17)18(24)22-9-7-21(8-10-22)12-15(23)19-6-5-11-25-4/h13H,5-12H2,1-4H3,(H,19,23). The monoisotopic (exact) mass is 366 g/mol. The van der Waals surface area contributed by atoms with E-state index in [2.05, 4.69) is 15.4 Å².